The molecule has 1 heterocycles. The van der Waals surface area contributed by atoms with Crippen LogP contribution in [-0.4, -0.2) is 15.7 Å². The zero-order valence-corrected chi connectivity index (χ0v) is 13.5. The third-order valence-corrected chi connectivity index (χ3v) is 4.09. The molecule has 23 heavy (non-hydrogen) atoms. The van der Waals surface area contributed by atoms with Crippen molar-refractivity contribution in [2.75, 3.05) is 5.32 Å². The molecule has 1 atom stereocenters. The monoisotopic (exact) mass is 307 g/mol. The SMILES string of the molecule is CCn1ncc2ccc(NC(=O)C[C@H](C)c3ccccc3)cc21. The van der Waals surface area contributed by atoms with Crippen LogP contribution < -0.4 is 5.32 Å². The zero-order chi connectivity index (χ0) is 16.2. The lowest BCUT2D eigenvalue weighted by molar-refractivity contribution is -0.116. The fourth-order valence-corrected chi connectivity index (χ4v) is 2.79. The van der Waals surface area contributed by atoms with Crippen LogP contribution in [0.15, 0.2) is 54.7 Å². The molecule has 0 unspecified atom stereocenters. The van der Waals surface area contributed by atoms with E-state index in [9.17, 15) is 4.79 Å². The number of aryl methyl sites for hydroxylation is 1. The summed E-state index contributed by atoms with van der Waals surface area (Å²) in [5.41, 5.74) is 3.04. The third kappa shape index (κ3) is 3.42. The van der Waals surface area contributed by atoms with Gasteiger partial charge in [0.1, 0.15) is 0 Å². The number of anilines is 1. The van der Waals surface area contributed by atoms with Gasteiger partial charge < -0.3 is 5.32 Å². The Morgan fingerprint density at radius 2 is 2.00 bits per heavy atom. The Labute approximate surface area is 136 Å². The maximum atomic E-state index is 12.3. The average Bonchev–Trinajstić information content (AvgIpc) is 2.97. The van der Waals surface area contributed by atoms with Gasteiger partial charge in [-0.1, -0.05) is 37.3 Å². The Kier molecular flexibility index (Phi) is 4.42. The molecule has 0 bridgehead atoms. The molecule has 0 aliphatic carbocycles. The highest BCUT2D eigenvalue weighted by Crippen LogP contribution is 2.22. The predicted molar refractivity (Wildman–Crippen MR) is 93.5 cm³/mol. The maximum Gasteiger partial charge on any atom is 0.224 e. The lowest BCUT2D eigenvalue weighted by atomic mass is 9.97. The minimum atomic E-state index is 0.0308. The van der Waals surface area contributed by atoms with Gasteiger partial charge in [-0.3, -0.25) is 9.48 Å². The molecule has 3 rings (SSSR count). The highest BCUT2D eigenvalue weighted by Gasteiger charge is 2.12. The summed E-state index contributed by atoms with van der Waals surface area (Å²) in [6.07, 6.45) is 2.32. The summed E-state index contributed by atoms with van der Waals surface area (Å²) in [5.74, 6) is 0.226. The zero-order valence-electron chi connectivity index (χ0n) is 13.5. The molecule has 0 fully saturated rings. The number of carbonyl (C=O) groups is 1. The van der Waals surface area contributed by atoms with Crippen LogP contribution in [0.25, 0.3) is 10.9 Å². The summed E-state index contributed by atoms with van der Waals surface area (Å²) in [6, 6.07) is 16.0. The fourth-order valence-electron chi connectivity index (χ4n) is 2.79. The van der Waals surface area contributed by atoms with Crippen molar-refractivity contribution in [1.29, 1.82) is 0 Å². The lowest BCUT2D eigenvalue weighted by Crippen LogP contribution is -2.14. The molecule has 3 aromatic rings. The van der Waals surface area contributed by atoms with E-state index >= 15 is 0 Å². The van der Waals surface area contributed by atoms with Crippen LogP contribution >= 0.6 is 0 Å². The number of hydrogen-bond acceptors (Lipinski definition) is 2. The van der Waals surface area contributed by atoms with Gasteiger partial charge in [0, 0.05) is 24.0 Å². The first kappa shape index (κ1) is 15.3. The molecule has 118 valence electrons. The Morgan fingerprint density at radius 3 is 2.74 bits per heavy atom. The van der Waals surface area contributed by atoms with Crippen LogP contribution in [0.3, 0.4) is 0 Å². The van der Waals surface area contributed by atoms with Crippen molar-refractivity contribution in [2.45, 2.75) is 32.7 Å². The van der Waals surface area contributed by atoms with Gasteiger partial charge in [-0.2, -0.15) is 5.10 Å². The number of aromatic nitrogens is 2. The molecular formula is C19H21N3O. The number of rotatable bonds is 5. The number of benzene rings is 2. The molecule has 0 saturated heterocycles. The second-order valence-corrected chi connectivity index (χ2v) is 5.80. The maximum absolute atomic E-state index is 12.3. The number of nitrogens with zero attached hydrogens (tertiary/aromatic N) is 2. The summed E-state index contributed by atoms with van der Waals surface area (Å²) >= 11 is 0. The second-order valence-electron chi connectivity index (χ2n) is 5.80. The van der Waals surface area contributed by atoms with Gasteiger partial charge in [-0.15, -0.1) is 0 Å². The van der Waals surface area contributed by atoms with E-state index in [0.717, 1.165) is 23.1 Å². The summed E-state index contributed by atoms with van der Waals surface area (Å²) in [5, 5.41) is 8.41. The van der Waals surface area contributed by atoms with Crippen molar-refractivity contribution in [1.82, 2.24) is 9.78 Å². The van der Waals surface area contributed by atoms with E-state index in [2.05, 4.69) is 36.4 Å². The van der Waals surface area contributed by atoms with E-state index in [1.807, 2.05) is 47.3 Å². The molecule has 1 N–H and O–H groups in total. The average molecular weight is 307 g/mol. The highest BCUT2D eigenvalue weighted by molar-refractivity contribution is 5.93. The predicted octanol–water partition coefficient (Wildman–Crippen LogP) is 4.19. The number of nitrogens with one attached hydrogen (secondary N) is 1. The van der Waals surface area contributed by atoms with E-state index in [-0.39, 0.29) is 11.8 Å². The lowest BCUT2D eigenvalue weighted by Gasteiger charge is -2.12. The van der Waals surface area contributed by atoms with Crippen LogP contribution in [0.4, 0.5) is 5.69 Å². The van der Waals surface area contributed by atoms with Gasteiger partial charge in [-0.25, -0.2) is 0 Å². The van der Waals surface area contributed by atoms with Gasteiger partial charge >= 0.3 is 0 Å². The Bertz CT molecular complexity index is 808. The van der Waals surface area contributed by atoms with Crippen LogP contribution in [0.1, 0.15) is 31.7 Å². The molecule has 4 heteroatoms. The summed E-state index contributed by atoms with van der Waals surface area (Å²) in [4.78, 5) is 12.3. The van der Waals surface area contributed by atoms with E-state index in [1.54, 1.807) is 0 Å². The first-order valence-corrected chi connectivity index (χ1v) is 7.97. The third-order valence-electron chi connectivity index (χ3n) is 4.09. The quantitative estimate of drug-likeness (QED) is 0.768. The van der Waals surface area contributed by atoms with Crippen LogP contribution in [0, 0.1) is 0 Å². The molecule has 0 aliphatic heterocycles. The van der Waals surface area contributed by atoms with Crippen molar-refractivity contribution in [3.63, 3.8) is 0 Å². The fraction of sp³-hybridized carbons (Fsp3) is 0.263. The second kappa shape index (κ2) is 6.65. The van der Waals surface area contributed by atoms with Gasteiger partial charge in [0.2, 0.25) is 5.91 Å². The molecule has 1 aromatic heterocycles. The minimum Gasteiger partial charge on any atom is -0.326 e. The standard InChI is InChI=1S/C19H21N3O/c1-3-22-18-12-17(10-9-16(18)13-20-22)21-19(23)11-14(2)15-7-5-4-6-8-15/h4-10,12-14H,3,11H2,1-2H3,(H,21,23)/t14-/m0/s1. The van der Waals surface area contributed by atoms with Crippen molar-refractivity contribution < 1.29 is 4.79 Å². The van der Waals surface area contributed by atoms with E-state index in [1.165, 1.54) is 5.56 Å². The first-order valence-electron chi connectivity index (χ1n) is 7.97. The van der Waals surface area contributed by atoms with Crippen LogP contribution in [0.5, 0.6) is 0 Å². The highest BCUT2D eigenvalue weighted by atomic mass is 16.1. The molecule has 0 spiro atoms. The summed E-state index contributed by atoms with van der Waals surface area (Å²) in [7, 11) is 0. The topological polar surface area (TPSA) is 46.9 Å². The van der Waals surface area contributed by atoms with Gasteiger partial charge in [0.15, 0.2) is 0 Å². The van der Waals surface area contributed by atoms with E-state index in [0.29, 0.717) is 6.42 Å². The van der Waals surface area contributed by atoms with Crippen molar-refractivity contribution in [3.8, 4) is 0 Å². The minimum absolute atomic E-state index is 0.0308. The van der Waals surface area contributed by atoms with Crippen LogP contribution in [-0.2, 0) is 11.3 Å². The molecule has 1 amide bonds. The number of hydrogen-bond donors (Lipinski definition) is 1. The Balaban J connectivity index is 1.70. The van der Waals surface area contributed by atoms with Crippen molar-refractivity contribution in [3.05, 3.63) is 60.3 Å². The molecule has 2 aromatic carbocycles. The normalized spacial score (nSPS) is 12.3. The van der Waals surface area contributed by atoms with Crippen molar-refractivity contribution in [2.24, 2.45) is 0 Å². The first-order chi connectivity index (χ1) is 11.2. The van der Waals surface area contributed by atoms with E-state index in [4.69, 9.17) is 0 Å². The molecular weight excluding hydrogens is 286 g/mol. The molecule has 4 nitrogen and oxygen atoms in total. The van der Waals surface area contributed by atoms with E-state index < -0.39 is 0 Å². The Hall–Kier alpha value is -2.62. The van der Waals surface area contributed by atoms with Crippen molar-refractivity contribution >= 4 is 22.5 Å². The summed E-state index contributed by atoms with van der Waals surface area (Å²) in [6.45, 7) is 4.94. The summed E-state index contributed by atoms with van der Waals surface area (Å²) < 4.78 is 1.93. The number of fused-ring (bicyclic) bond motifs is 1. The molecule has 0 aliphatic rings. The number of amides is 1. The van der Waals surface area contributed by atoms with Gasteiger partial charge in [-0.05, 0) is 36.6 Å². The van der Waals surface area contributed by atoms with Gasteiger partial charge in [0.25, 0.3) is 0 Å². The number of carbonyl (C=O) groups excluding carboxylic acids is 1. The molecule has 0 saturated carbocycles. The Morgan fingerprint density at radius 1 is 1.22 bits per heavy atom. The van der Waals surface area contributed by atoms with Crippen LogP contribution in [0.2, 0.25) is 0 Å². The van der Waals surface area contributed by atoms with Gasteiger partial charge in [0.05, 0.1) is 11.7 Å². The smallest absolute Gasteiger partial charge is 0.224 e. The molecule has 0 radical (unpaired) electrons. The largest absolute Gasteiger partial charge is 0.326 e.